The molecule has 2 heterocycles. The highest BCUT2D eigenvalue weighted by atomic mass is 35.5. The van der Waals surface area contributed by atoms with Crippen molar-refractivity contribution in [1.29, 1.82) is 0 Å². The van der Waals surface area contributed by atoms with E-state index in [1.165, 1.54) is 22.7 Å². The molecule has 2 rings (SSSR count). The summed E-state index contributed by atoms with van der Waals surface area (Å²) in [7, 11) is 0. The molecule has 6 heteroatoms. The van der Waals surface area contributed by atoms with Gasteiger partial charge in [0.05, 0.1) is 21.6 Å². The summed E-state index contributed by atoms with van der Waals surface area (Å²) < 4.78 is 0.756. The molecule has 0 aliphatic rings. The smallest absolute Gasteiger partial charge is 0.266 e. The van der Waals surface area contributed by atoms with Crippen molar-refractivity contribution in [2.45, 2.75) is 40.7 Å². The highest BCUT2D eigenvalue weighted by molar-refractivity contribution is 7.16. The van der Waals surface area contributed by atoms with E-state index in [1.54, 1.807) is 0 Å². The van der Waals surface area contributed by atoms with E-state index < -0.39 is 0 Å². The molecule has 120 valence electrons. The van der Waals surface area contributed by atoms with Gasteiger partial charge in [0.15, 0.2) is 0 Å². The Hall–Kier alpha value is -0.910. The van der Waals surface area contributed by atoms with Crippen LogP contribution in [0.5, 0.6) is 0 Å². The molecule has 0 spiro atoms. The van der Waals surface area contributed by atoms with Crippen LogP contribution in [-0.2, 0) is 13.0 Å². The fourth-order valence-corrected chi connectivity index (χ4v) is 4.53. The van der Waals surface area contributed by atoms with Gasteiger partial charge in [0.2, 0.25) is 0 Å². The molecule has 0 atom stereocenters. The van der Waals surface area contributed by atoms with Crippen LogP contribution in [0, 0.1) is 12.8 Å². The molecular weight excluding hydrogens is 336 g/mol. The summed E-state index contributed by atoms with van der Waals surface area (Å²) in [5.74, 6) is 0.612. The number of aryl methyl sites for hydroxylation is 1. The second kappa shape index (κ2) is 7.57. The van der Waals surface area contributed by atoms with Crippen LogP contribution in [-0.4, -0.2) is 22.3 Å². The number of amides is 1. The highest BCUT2D eigenvalue weighted by Crippen LogP contribution is 2.26. The van der Waals surface area contributed by atoms with Gasteiger partial charge in [-0.1, -0.05) is 25.4 Å². The lowest BCUT2D eigenvalue weighted by Crippen LogP contribution is -2.29. The largest absolute Gasteiger partial charge is 0.333 e. The molecule has 0 aliphatic carbocycles. The summed E-state index contributed by atoms with van der Waals surface area (Å²) in [6, 6.07) is 3.85. The fourth-order valence-electron chi connectivity index (χ4n) is 2.18. The number of aromatic nitrogens is 1. The lowest BCUT2D eigenvalue weighted by Gasteiger charge is -2.19. The van der Waals surface area contributed by atoms with Crippen molar-refractivity contribution < 1.29 is 4.79 Å². The molecule has 0 fully saturated rings. The van der Waals surface area contributed by atoms with E-state index in [-0.39, 0.29) is 5.91 Å². The topological polar surface area (TPSA) is 33.2 Å². The Morgan fingerprint density at radius 3 is 2.64 bits per heavy atom. The third-order valence-corrected chi connectivity index (χ3v) is 5.65. The van der Waals surface area contributed by atoms with E-state index >= 15 is 0 Å². The van der Waals surface area contributed by atoms with Gasteiger partial charge in [-0.15, -0.1) is 22.7 Å². The second-order valence-electron chi connectivity index (χ2n) is 5.65. The van der Waals surface area contributed by atoms with Gasteiger partial charge in [-0.2, -0.15) is 0 Å². The summed E-state index contributed by atoms with van der Waals surface area (Å²) in [5.41, 5.74) is 0.841. The van der Waals surface area contributed by atoms with E-state index in [1.807, 2.05) is 30.9 Å². The minimum Gasteiger partial charge on any atom is -0.333 e. The van der Waals surface area contributed by atoms with Gasteiger partial charge >= 0.3 is 0 Å². The number of thiazole rings is 1. The zero-order valence-electron chi connectivity index (χ0n) is 13.4. The Bertz CT molecular complexity index is 648. The van der Waals surface area contributed by atoms with Gasteiger partial charge in [0, 0.05) is 17.8 Å². The number of halogens is 1. The molecule has 0 unspecified atom stereocenters. The molecule has 22 heavy (non-hydrogen) atoms. The maximum Gasteiger partial charge on any atom is 0.266 e. The standard InChI is InChI=1S/C16H21ClN2OS2/c1-5-19(9-12-6-7-13(17)21-12)16(20)15-11(4)18-14(22-15)8-10(2)3/h6-7,10H,5,8-9H2,1-4H3. The monoisotopic (exact) mass is 356 g/mol. The second-order valence-corrected chi connectivity index (χ2v) is 8.53. The molecule has 0 radical (unpaired) electrons. The minimum atomic E-state index is 0.0667. The summed E-state index contributed by atoms with van der Waals surface area (Å²) in [4.78, 5) is 21.0. The Kier molecular flexibility index (Phi) is 6.01. The van der Waals surface area contributed by atoms with Crippen LogP contribution in [0.4, 0.5) is 0 Å². The van der Waals surface area contributed by atoms with Gasteiger partial charge in [-0.05, 0) is 31.9 Å². The zero-order chi connectivity index (χ0) is 16.3. The molecule has 1 amide bonds. The Morgan fingerprint density at radius 1 is 1.36 bits per heavy atom. The van der Waals surface area contributed by atoms with Crippen LogP contribution in [0.25, 0.3) is 0 Å². The number of carbonyl (C=O) groups is 1. The van der Waals surface area contributed by atoms with Crippen molar-refractivity contribution >= 4 is 40.2 Å². The van der Waals surface area contributed by atoms with Crippen molar-refractivity contribution in [2.24, 2.45) is 5.92 Å². The molecule has 0 saturated carbocycles. The van der Waals surface area contributed by atoms with E-state index in [0.29, 0.717) is 19.0 Å². The van der Waals surface area contributed by atoms with Gasteiger partial charge in [-0.3, -0.25) is 4.79 Å². The summed E-state index contributed by atoms with van der Waals surface area (Å²) in [6.45, 7) is 9.52. The van der Waals surface area contributed by atoms with E-state index in [2.05, 4.69) is 18.8 Å². The predicted molar refractivity (Wildman–Crippen MR) is 95.1 cm³/mol. The number of thiophene rings is 1. The average molecular weight is 357 g/mol. The SMILES string of the molecule is CCN(Cc1ccc(Cl)s1)C(=O)c1sc(CC(C)C)nc1C. The molecular formula is C16H21ClN2OS2. The first-order chi connectivity index (χ1) is 10.4. The maximum absolute atomic E-state index is 12.8. The van der Waals surface area contributed by atoms with Crippen LogP contribution in [0.1, 0.15) is 46.0 Å². The van der Waals surface area contributed by atoms with E-state index in [0.717, 1.165) is 31.2 Å². The van der Waals surface area contributed by atoms with E-state index in [9.17, 15) is 4.79 Å². The lowest BCUT2D eigenvalue weighted by molar-refractivity contribution is 0.0758. The molecule has 0 saturated heterocycles. The van der Waals surface area contributed by atoms with Gasteiger partial charge in [0.1, 0.15) is 4.88 Å². The van der Waals surface area contributed by atoms with Crippen LogP contribution >= 0.6 is 34.3 Å². The number of carbonyl (C=O) groups excluding carboxylic acids is 1. The van der Waals surface area contributed by atoms with Gasteiger partial charge in [0.25, 0.3) is 5.91 Å². The minimum absolute atomic E-state index is 0.0667. The first-order valence-electron chi connectivity index (χ1n) is 7.40. The first-order valence-corrected chi connectivity index (χ1v) is 9.41. The number of hydrogen-bond donors (Lipinski definition) is 0. The third-order valence-electron chi connectivity index (χ3n) is 3.26. The highest BCUT2D eigenvalue weighted by Gasteiger charge is 2.21. The Balaban J connectivity index is 2.15. The quantitative estimate of drug-likeness (QED) is 0.727. The molecule has 0 aromatic carbocycles. The Morgan fingerprint density at radius 2 is 2.09 bits per heavy atom. The summed E-state index contributed by atoms with van der Waals surface area (Å²) in [6.07, 6.45) is 0.922. The van der Waals surface area contributed by atoms with Crippen molar-refractivity contribution in [2.75, 3.05) is 6.54 Å². The van der Waals surface area contributed by atoms with Gasteiger partial charge < -0.3 is 4.90 Å². The van der Waals surface area contributed by atoms with Crippen LogP contribution < -0.4 is 0 Å². The van der Waals surface area contributed by atoms with Crippen LogP contribution in [0.2, 0.25) is 4.34 Å². The molecule has 0 aliphatic heterocycles. The van der Waals surface area contributed by atoms with Crippen molar-refractivity contribution in [3.63, 3.8) is 0 Å². The van der Waals surface area contributed by atoms with Crippen molar-refractivity contribution in [3.05, 3.63) is 36.9 Å². The van der Waals surface area contributed by atoms with Gasteiger partial charge in [-0.25, -0.2) is 4.98 Å². The number of rotatable bonds is 6. The van der Waals surface area contributed by atoms with Crippen LogP contribution in [0.15, 0.2) is 12.1 Å². The maximum atomic E-state index is 12.8. The van der Waals surface area contributed by atoms with E-state index in [4.69, 9.17) is 11.6 Å². The third kappa shape index (κ3) is 4.31. The molecule has 2 aromatic rings. The Labute approximate surface area is 144 Å². The molecule has 2 aromatic heterocycles. The van der Waals surface area contributed by atoms with Crippen molar-refractivity contribution in [1.82, 2.24) is 9.88 Å². The predicted octanol–water partition coefficient (Wildman–Crippen LogP) is 5.03. The van der Waals surface area contributed by atoms with Crippen molar-refractivity contribution in [3.8, 4) is 0 Å². The summed E-state index contributed by atoms with van der Waals surface area (Å²) >= 11 is 9.02. The summed E-state index contributed by atoms with van der Waals surface area (Å²) in [5, 5.41) is 1.05. The molecule has 0 bridgehead atoms. The fraction of sp³-hybridized carbons (Fsp3) is 0.500. The number of nitrogens with zero attached hydrogens (tertiary/aromatic N) is 2. The average Bonchev–Trinajstić information content (AvgIpc) is 3.00. The zero-order valence-corrected chi connectivity index (χ0v) is 15.7. The molecule has 0 N–H and O–H groups in total. The molecule has 3 nitrogen and oxygen atoms in total. The normalized spacial score (nSPS) is 11.2. The lowest BCUT2D eigenvalue weighted by atomic mass is 10.1. The van der Waals surface area contributed by atoms with Crippen LogP contribution in [0.3, 0.4) is 0 Å². The number of hydrogen-bond acceptors (Lipinski definition) is 4. The first kappa shape index (κ1) is 17.4.